The molecule has 1 saturated heterocycles. The van der Waals surface area contributed by atoms with Crippen molar-refractivity contribution in [3.05, 3.63) is 10.6 Å². The van der Waals surface area contributed by atoms with Gasteiger partial charge in [0.1, 0.15) is 4.32 Å². The number of carbonyl (C=O) groups is 1. The Morgan fingerprint density at radius 3 is 2.83 bits per heavy atom. The molecule has 0 radical (unpaired) electrons. The first kappa shape index (κ1) is 18.1. The van der Waals surface area contributed by atoms with Gasteiger partial charge in [0.25, 0.3) is 0 Å². The summed E-state index contributed by atoms with van der Waals surface area (Å²) in [5.41, 5.74) is 1.18. The van der Waals surface area contributed by atoms with E-state index in [1.807, 2.05) is 0 Å². The van der Waals surface area contributed by atoms with Crippen LogP contribution in [0.4, 0.5) is 5.13 Å². The van der Waals surface area contributed by atoms with E-state index >= 15 is 0 Å². The zero-order valence-electron chi connectivity index (χ0n) is 14.3. The summed E-state index contributed by atoms with van der Waals surface area (Å²) in [6, 6.07) is 0. The molecule has 7 heteroatoms. The maximum absolute atomic E-state index is 12.2. The number of amides is 1. The van der Waals surface area contributed by atoms with Gasteiger partial charge in [0, 0.05) is 18.0 Å². The number of hydrogen-bond acceptors (Lipinski definition) is 5. The Kier molecular flexibility index (Phi) is 6.16. The van der Waals surface area contributed by atoms with E-state index in [1.165, 1.54) is 41.6 Å². The van der Waals surface area contributed by atoms with E-state index < -0.39 is 0 Å². The maximum Gasteiger partial charge on any atom is 0.236 e. The second kappa shape index (κ2) is 8.15. The second-order valence-electron chi connectivity index (χ2n) is 7.01. The fourth-order valence-corrected chi connectivity index (χ4v) is 5.40. The maximum atomic E-state index is 12.2. The largest absolute Gasteiger partial charge is 0.357 e. The van der Waals surface area contributed by atoms with Crippen LogP contribution in [-0.4, -0.2) is 39.0 Å². The van der Waals surface area contributed by atoms with Crippen molar-refractivity contribution in [1.82, 2.24) is 9.88 Å². The van der Waals surface area contributed by atoms with Gasteiger partial charge in [-0.15, -0.1) is 11.3 Å². The number of piperidine rings is 1. The lowest BCUT2D eigenvalue weighted by atomic mass is 9.93. The van der Waals surface area contributed by atoms with Crippen LogP contribution < -0.4 is 5.32 Å². The second-order valence-corrected chi connectivity index (χ2v) is 9.70. The normalized spacial score (nSPS) is 21.4. The minimum absolute atomic E-state index is 0.00753. The van der Waals surface area contributed by atoms with Crippen LogP contribution in [0.15, 0.2) is 0 Å². The van der Waals surface area contributed by atoms with E-state index in [9.17, 15) is 4.79 Å². The summed E-state index contributed by atoms with van der Waals surface area (Å²) in [4.78, 5) is 20.3. The number of thiocarbonyl (C=S) groups is 1. The van der Waals surface area contributed by atoms with E-state index in [1.54, 1.807) is 11.3 Å². The zero-order valence-corrected chi connectivity index (χ0v) is 16.8. The molecule has 1 aromatic heterocycles. The highest BCUT2D eigenvalue weighted by Crippen LogP contribution is 2.32. The van der Waals surface area contributed by atoms with Crippen molar-refractivity contribution >= 4 is 50.7 Å². The molecule has 1 N–H and O–H groups in total. The topological polar surface area (TPSA) is 45.2 Å². The van der Waals surface area contributed by atoms with Crippen LogP contribution >= 0.6 is 35.3 Å². The number of nitrogens with zero attached hydrogens (tertiary/aromatic N) is 2. The molecule has 0 saturated carbocycles. The first-order chi connectivity index (χ1) is 11.5. The van der Waals surface area contributed by atoms with Crippen molar-refractivity contribution < 1.29 is 4.79 Å². The third-order valence-corrected chi connectivity index (χ3v) is 7.36. The third-order valence-electron chi connectivity index (χ3n) is 4.80. The fraction of sp³-hybridized carbons (Fsp3) is 0.706. The number of carbonyl (C=O) groups excluding carboxylic acids is 1. The number of fused-ring (bicyclic) bond motifs is 1. The summed E-state index contributed by atoms with van der Waals surface area (Å²) in [6.45, 7) is 6.60. The Balaban J connectivity index is 1.45. The first-order valence-corrected chi connectivity index (χ1v) is 10.9. The Morgan fingerprint density at radius 2 is 2.08 bits per heavy atom. The number of anilines is 1. The minimum Gasteiger partial charge on any atom is -0.357 e. The zero-order chi connectivity index (χ0) is 17.1. The van der Waals surface area contributed by atoms with Gasteiger partial charge in [-0.3, -0.25) is 4.79 Å². The summed E-state index contributed by atoms with van der Waals surface area (Å²) in [5.74, 6) is 1.87. The van der Waals surface area contributed by atoms with Crippen LogP contribution in [-0.2, 0) is 17.6 Å². The first-order valence-electron chi connectivity index (χ1n) is 8.71. The average molecular weight is 384 g/mol. The lowest BCUT2D eigenvalue weighted by Gasteiger charge is -2.31. The SMILES string of the molecule is CC1CCN(C(=S)SCC(=O)Nc2nc3c(s2)C[C@H](C)CC3)CC1. The Morgan fingerprint density at radius 1 is 1.33 bits per heavy atom. The van der Waals surface area contributed by atoms with Crippen LogP contribution in [0.3, 0.4) is 0 Å². The molecule has 132 valence electrons. The van der Waals surface area contributed by atoms with Crippen molar-refractivity contribution in [3.63, 3.8) is 0 Å². The molecule has 0 bridgehead atoms. The molecule has 1 aromatic rings. The quantitative estimate of drug-likeness (QED) is 0.801. The van der Waals surface area contributed by atoms with Gasteiger partial charge in [-0.2, -0.15) is 0 Å². The molecule has 4 nitrogen and oxygen atoms in total. The molecule has 1 fully saturated rings. The summed E-state index contributed by atoms with van der Waals surface area (Å²) >= 11 is 8.58. The highest BCUT2D eigenvalue weighted by molar-refractivity contribution is 8.23. The molecule has 3 rings (SSSR count). The van der Waals surface area contributed by atoms with Gasteiger partial charge in [0.2, 0.25) is 5.91 Å². The van der Waals surface area contributed by atoms with Crippen molar-refractivity contribution in [2.75, 3.05) is 24.2 Å². The van der Waals surface area contributed by atoms with E-state index in [4.69, 9.17) is 12.2 Å². The van der Waals surface area contributed by atoms with Gasteiger partial charge in [0.15, 0.2) is 5.13 Å². The van der Waals surface area contributed by atoms with Crippen molar-refractivity contribution in [3.8, 4) is 0 Å². The van der Waals surface area contributed by atoms with Gasteiger partial charge < -0.3 is 10.2 Å². The fourth-order valence-electron chi connectivity index (χ4n) is 3.16. The molecule has 2 heterocycles. The Bertz CT molecular complexity index is 608. The van der Waals surface area contributed by atoms with Crippen LogP contribution in [0, 0.1) is 11.8 Å². The monoisotopic (exact) mass is 383 g/mol. The molecule has 1 aliphatic heterocycles. The van der Waals surface area contributed by atoms with E-state index in [0.29, 0.717) is 5.75 Å². The minimum atomic E-state index is -0.00753. The number of thioether (sulfide) groups is 1. The van der Waals surface area contributed by atoms with Crippen molar-refractivity contribution in [2.45, 2.75) is 46.0 Å². The van der Waals surface area contributed by atoms with E-state index in [0.717, 1.165) is 47.2 Å². The molecule has 1 aliphatic carbocycles. The lowest BCUT2D eigenvalue weighted by molar-refractivity contribution is -0.113. The van der Waals surface area contributed by atoms with E-state index in [-0.39, 0.29) is 5.91 Å². The highest BCUT2D eigenvalue weighted by atomic mass is 32.2. The Labute approximate surface area is 157 Å². The summed E-state index contributed by atoms with van der Waals surface area (Å²) < 4.78 is 0.851. The summed E-state index contributed by atoms with van der Waals surface area (Å²) in [5, 5.41) is 3.70. The van der Waals surface area contributed by atoms with Crippen LogP contribution in [0.25, 0.3) is 0 Å². The van der Waals surface area contributed by atoms with Crippen LogP contribution in [0.5, 0.6) is 0 Å². The lowest BCUT2D eigenvalue weighted by Crippen LogP contribution is -2.36. The molecule has 24 heavy (non-hydrogen) atoms. The van der Waals surface area contributed by atoms with Gasteiger partial charge in [-0.05, 0) is 43.9 Å². The predicted molar refractivity (Wildman–Crippen MR) is 107 cm³/mol. The molecule has 1 atom stereocenters. The predicted octanol–water partition coefficient (Wildman–Crippen LogP) is 3.96. The van der Waals surface area contributed by atoms with Gasteiger partial charge in [0.05, 0.1) is 11.4 Å². The molecular formula is C17H25N3OS3. The number of aromatic nitrogens is 1. The average Bonchev–Trinajstić information content (AvgIpc) is 2.94. The van der Waals surface area contributed by atoms with Crippen molar-refractivity contribution in [1.29, 1.82) is 0 Å². The van der Waals surface area contributed by atoms with Crippen LogP contribution in [0.2, 0.25) is 0 Å². The molecule has 0 aromatic carbocycles. The number of nitrogens with one attached hydrogen (secondary N) is 1. The smallest absolute Gasteiger partial charge is 0.236 e. The van der Waals surface area contributed by atoms with Crippen molar-refractivity contribution in [2.24, 2.45) is 11.8 Å². The molecule has 2 aliphatic rings. The standard InChI is InChI=1S/C17H25N3OS3/c1-11-5-7-20(8-6-11)17(22)23-10-15(21)19-16-18-13-4-3-12(2)9-14(13)24-16/h11-12H,3-10H2,1-2H3,(H,18,19,21)/t12-/m1/s1. The van der Waals surface area contributed by atoms with E-state index in [2.05, 4.69) is 29.0 Å². The number of rotatable bonds is 3. The Hall–Kier alpha value is -0.660. The van der Waals surface area contributed by atoms with Crippen LogP contribution in [0.1, 0.15) is 43.7 Å². The highest BCUT2D eigenvalue weighted by Gasteiger charge is 2.21. The van der Waals surface area contributed by atoms with Gasteiger partial charge >= 0.3 is 0 Å². The van der Waals surface area contributed by atoms with Gasteiger partial charge in [-0.25, -0.2) is 4.98 Å². The number of thiazole rings is 1. The summed E-state index contributed by atoms with van der Waals surface area (Å²) in [6.07, 6.45) is 5.71. The number of likely N-dealkylation sites (tertiary alicyclic amines) is 1. The molecule has 0 spiro atoms. The third kappa shape index (κ3) is 4.70. The summed E-state index contributed by atoms with van der Waals surface area (Å²) in [7, 11) is 0. The number of hydrogen-bond donors (Lipinski definition) is 1. The molecule has 0 unspecified atom stereocenters. The molecular weight excluding hydrogens is 358 g/mol. The number of aryl methyl sites for hydroxylation is 1. The van der Waals surface area contributed by atoms with Gasteiger partial charge in [-0.1, -0.05) is 37.8 Å². The molecule has 1 amide bonds.